The van der Waals surface area contributed by atoms with Gasteiger partial charge in [-0.25, -0.2) is 8.91 Å². The lowest BCUT2D eigenvalue weighted by molar-refractivity contribution is 0.0951. The number of hydrogen-bond donors (Lipinski definition) is 1. The van der Waals surface area contributed by atoms with E-state index in [9.17, 15) is 14.0 Å². The highest BCUT2D eigenvalue weighted by molar-refractivity contribution is 5.98. The maximum absolute atomic E-state index is 13.6. The summed E-state index contributed by atoms with van der Waals surface area (Å²) in [4.78, 5) is 25.6. The lowest BCUT2D eigenvalue weighted by Gasteiger charge is -2.13. The SMILES string of the molecule is O=C(NC1CC1)c1ccc2c(c1)n(Cc1cccc(F)c1)c(=O)c1ccnn12. The number of benzene rings is 2. The van der Waals surface area contributed by atoms with Gasteiger partial charge in [0.25, 0.3) is 11.5 Å². The molecule has 1 aliphatic rings. The van der Waals surface area contributed by atoms with Gasteiger partial charge >= 0.3 is 0 Å². The minimum Gasteiger partial charge on any atom is -0.349 e. The van der Waals surface area contributed by atoms with Crippen LogP contribution in [0.1, 0.15) is 28.8 Å². The van der Waals surface area contributed by atoms with Gasteiger partial charge in [-0.1, -0.05) is 12.1 Å². The van der Waals surface area contributed by atoms with E-state index in [0.717, 1.165) is 12.8 Å². The molecule has 0 radical (unpaired) electrons. The molecule has 0 bridgehead atoms. The summed E-state index contributed by atoms with van der Waals surface area (Å²) in [6.07, 6.45) is 3.56. The number of aromatic nitrogens is 3. The van der Waals surface area contributed by atoms with Gasteiger partial charge in [-0.3, -0.25) is 9.59 Å². The zero-order chi connectivity index (χ0) is 19.3. The van der Waals surface area contributed by atoms with Crippen molar-refractivity contribution < 1.29 is 9.18 Å². The Morgan fingerprint density at radius 3 is 2.75 bits per heavy atom. The smallest absolute Gasteiger partial charge is 0.277 e. The van der Waals surface area contributed by atoms with Crippen molar-refractivity contribution in [1.82, 2.24) is 19.5 Å². The van der Waals surface area contributed by atoms with Gasteiger partial charge < -0.3 is 9.88 Å². The third kappa shape index (κ3) is 2.85. The van der Waals surface area contributed by atoms with E-state index in [-0.39, 0.29) is 29.9 Å². The fourth-order valence-electron chi connectivity index (χ4n) is 3.44. The highest BCUT2D eigenvalue weighted by Crippen LogP contribution is 2.21. The highest BCUT2D eigenvalue weighted by Gasteiger charge is 2.24. The molecule has 5 rings (SSSR count). The molecule has 1 fully saturated rings. The highest BCUT2D eigenvalue weighted by atomic mass is 19.1. The zero-order valence-electron chi connectivity index (χ0n) is 14.9. The first-order valence-electron chi connectivity index (χ1n) is 9.16. The molecule has 6 nitrogen and oxygen atoms in total. The maximum atomic E-state index is 13.6. The van der Waals surface area contributed by atoms with Gasteiger partial charge in [-0.05, 0) is 54.8 Å². The summed E-state index contributed by atoms with van der Waals surface area (Å²) >= 11 is 0. The predicted molar refractivity (Wildman–Crippen MR) is 103 cm³/mol. The average molecular weight is 376 g/mol. The van der Waals surface area contributed by atoms with Crippen LogP contribution in [0.2, 0.25) is 0 Å². The van der Waals surface area contributed by atoms with Gasteiger partial charge in [0.15, 0.2) is 0 Å². The molecule has 1 N–H and O–H groups in total. The summed E-state index contributed by atoms with van der Waals surface area (Å²) in [5, 5.41) is 7.21. The van der Waals surface area contributed by atoms with E-state index in [1.54, 1.807) is 51.7 Å². The molecular weight excluding hydrogens is 359 g/mol. The molecule has 0 spiro atoms. The minimum atomic E-state index is -0.357. The monoisotopic (exact) mass is 376 g/mol. The molecule has 4 aromatic rings. The average Bonchev–Trinajstić information content (AvgIpc) is 3.36. The summed E-state index contributed by atoms with van der Waals surface area (Å²) in [6.45, 7) is 0.197. The third-order valence-electron chi connectivity index (χ3n) is 5.01. The van der Waals surface area contributed by atoms with E-state index in [2.05, 4.69) is 10.4 Å². The number of nitrogens with one attached hydrogen (secondary N) is 1. The topological polar surface area (TPSA) is 68.4 Å². The number of nitrogens with zero attached hydrogens (tertiary/aromatic N) is 3. The van der Waals surface area contributed by atoms with Gasteiger partial charge in [0.05, 0.1) is 23.8 Å². The van der Waals surface area contributed by atoms with Crippen LogP contribution < -0.4 is 10.9 Å². The Kier molecular flexibility index (Phi) is 3.75. The molecule has 1 amide bonds. The number of carbonyl (C=O) groups excluding carboxylic acids is 1. The summed E-state index contributed by atoms with van der Waals surface area (Å²) in [5.74, 6) is -0.514. The first kappa shape index (κ1) is 16.7. The van der Waals surface area contributed by atoms with E-state index < -0.39 is 0 Å². The molecule has 1 saturated carbocycles. The number of rotatable bonds is 4. The van der Waals surface area contributed by atoms with Crippen molar-refractivity contribution in [3.63, 3.8) is 0 Å². The van der Waals surface area contributed by atoms with Gasteiger partial charge in [-0.15, -0.1) is 0 Å². The van der Waals surface area contributed by atoms with E-state index in [0.29, 0.717) is 27.7 Å². The van der Waals surface area contributed by atoms with Crippen molar-refractivity contribution >= 4 is 22.5 Å². The Morgan fingerprint density at radius 2 is 1.96 bits per heavy atom. The van der Waals surface area contributed by atoms with Crippen LogP contribution in [-0.4, -0.2) is 26.1 Å². The van der Waals surface area contributed by atoms with Gasteiger partial charge in [0.2, 0.25) is 0 Å². The molecule has 1 aliphatic carbocycles. The molecule has 0 aliphatic heterocycles. The quantitative estimate of drug-likeness (QED) is 0.596. The lowest BCUT2D eigenvalue weighted by Crippen LogP contribution is -2.27. The van der Waals surface area contributed by atoms with Crippen LogP contribution in [0.25, 0.3) is 16.6 Å². The van der Waals surface area contributed by atoms with Crippen LogP contribution in [-0.2, 0) is 6.54 Å². The summed E-state index contributed by atoms with van der Waals surface area (Å²) in [6, 6.07) is 13.3. The molecule has 0 unspecified atom stereocenters. The van der Waals surface area contributed by atoms with Crippen molar-refractivity contribution in [1.29, 1.82) is 0 Å². The largest absolute Gasteiger partial charge is 0.349 e. The molecule has 0 saturated heterocycles. The molecule has 7 heteroatoms. The van der Waals surface area contributed by atoms with Crippen LogP contribution in [0, 0.1) is 5.82 Å². The second-order valence-electron chi connectivity index (χ2n) is 7.10. The van der Waals surface area contributed by atoms with Crippen LogP contribution in [0.4, 0.5) is 4.39 Å². The third-order valence-corrected chi connectivity index (χ3v) is 5.01. The van der Waals surface area contributed by atoms with Gasteiger partial charge in [0.1, 0.15) is 11.3 Å². The fourth-order valence-corrected chi connectivity index (χ4v) is 3.44. The lowest BCUT2D eigenvalue weighted by atomic mass is 10.1. The first-order chi connectivity index (χ1) is 13.6. The minimum absolute atomic E-state index is 0.158. The molecule has 140 valence electrons. The fraction of sp³-hybridized carbons (Fsp3) is 0.190. The Hall–Kier alpha value is -3.48. The van der Waals surface area contributed by atoms with Crippen molar-refractivity contribution in [2.75, 3.05) is 0 Å². The Bertz CT molecular complexity index is 1290. The van der Waals surface area contributed by atoms with Crippen molar-refractivity contribution in [3.8, 4) is 0 Å². The molecule has 2 aromatic carbocycles. The Balaban J connectivity index is 1.71. The van der Waals surface area contributed by atoms with E-state index in [1.807, 2.05) is 0 Å². The van der Waals surface area contributed by atoms with E-state index >= 15 is 0 Å². The van der Waals surface area contributed by atoms with Crippen molar-refractivity contribution in [2.45, 2.75) is 25.4 Å². The maximum Gasteiger partial charge on any atom is 0.277 e. The number of hydrogen-bond acceptors (Lipinski definition) is 3. The van der Waals surface area contributed by atoms with Crippen molar-refractivity contribution in [2.24, 2.45) is 0 Å². The number of halogens is 1. The number of carbonyl (C=O) groups is 1. The molecule has 2 heterocycles. The second-order valence-corrected chi connectivity index (χ2v) is 7.10. The summed E-state index contributed by atoms with van der Waals surface area (Å²) in [7, 11) is 0. The predicted octanol–water partition coefficient (Wildman–Crippen LogP) is 2.73. The normalized spacial score (nSPS) is 13.9. The summed E-state index contributed by atoms with van der Waals surface area (Å²) in [5.41, 5.74) is 2.62. The van der Waals surface area contributed by atoms with Crippen LogP contribution in [0.5, 0.6) is 0 Å². The van der Waals surface area contributed by atoms with E-state index in [4.69, 9.17) is 0 Å². The molecular formula is C21H17FN4O2. The van der Waals surface area contributed by atoms with Crippen LogP contribution >= 0.6 is 0 Å². The standard InChI is InChI=1S/C21H17FN4O2/c22-15-3-1-2-13(10-15)12-25-19-11-14(20(27)24-16-5-6-16)4-7-17(19)26-18(21(25)28)8-9-23-26/h1-4,7-11,16H,5-6,12H2,(H,24,27). The number of amides is 1. The Labute approximate surface area is 159 Å². The molecule has 28 heavy (non-hydrogen) atoms. The number of fused-ring (bicyclic) bond motifs is 3. The molecule has 2 aromatic heterocycles. The van der Waals surface area contributed by atoms with Crippen LogP contribution in [0.3, 0.4) is 0 Å². The van der Waals surface area contributed by atoms with Crippen molar-refractivity contribution in [3.05, 3.63) is 82.0 Å². The zero-order valence-corrected chi connectivity index (χ0v) is 14.9. The Morgan fingerprint density at radius 1 is 1.11 bits per heavy atom. The first-order valence-corrected chi connectivity index (χ1v) is 9.16. The van der Waals surface area contributed by atoms with Crippen LogP contribution in [0.15, 0.2) is 59.5 Å². The second kappa shape index (κ2) is 6.30. The van der Waals surface area contributed by atoms with E-state index in [1.165, 1.54) is 12.1 Å². The van der Waals surface area contributed by atoms with Gasteiger partial charge in [-0.2, -0.15) is 5.10 Å². The van der Waals surface area contributed by atoms with Gasteiger partial charge in [0, 0.05) is 11.6 Å². The molecule has 0 atom stereocenters. The summed E-state index contributed by atoms with van der Waals surface area (Å²) < 4.78 is 16.8.